The van der Waals surface area contributed by atoms with Crippen molar-refractivity contribution in [2.45, 2.75) is 19.6 Å². The average molecular weight is 153 g/mol. The van der Waals surface area contributed by atoms with Crippen LogP contribution in [0.3, 0.4) is 0 Å². The van der Waals surface area contributed by atoms with E-state index in [-0.39, 0.29) is 0 Å². The highest BCUT2D eigenvalue weighted by Gasteiger charge is 2.17. The van der Waals surface area contributed by atoms with Gasteiger partial charge in [-0.05, 0) is 11.3 Å². The van der Waals surface area contributed by atoms with Crippen LogP contribution in [0.15, 0.2) is 12.3 Å². The first kappa shape index (κ1) is 7.34. The van der Waals surface area contributed by atoms with Crippen molar-refractivity contribution in [1.29, 1.82) is 0 Å². The summed E-state index contributed by atoms with van der Waals surface area (Å²) in [4.78, 5) is 0. The molecule has 0 fully saturated rings. The van der Waals surface area contributed by atoms with Gasteiger partial charge in [0.1, 0.15) is 8.07 Å². The Bertz CT molecular complexity index is 204. The van der Waals surface area contributed by atoms with Crippen LogP contribution < -0.4 is 5.32 Å². The molecule has 1 rings (SSSR count). The summed E-state index contributed by atoms with van der Waals surface area (Å²) in [5, 5.41) is 12.3. The van der Waals surface area contributed by atoms with E-state index < -0.39 is 8.07 Å². The van der Waals surface area contributed by atoms with Gasteiger partial charge in [0.2, 0.25) is 0 Å². The van der Waals surface area contributed by atoms with Crippen LogP contribution in [-0.2, 0) is 0 Å². The highest BCUT2D eigenvalue weighted by Crippen LogP contribution is 1.96. The standard InChI is InChI=1S/C6H11N3Si/c1-10(2,3)6-4-5-7-9-8-6/h4-5H,1-3H3. The van der Waals surface area contributed by atoms with Gasteiger partial charge in [0.05, 0.1) is 6.20 Å². The van der Waals surface area contributed by atoms with Gasteiger partial charge in [-0.15, -0.1) is 10.2 Å². The summed E-state index contributed by atoms with van der Waals surface area (Å²) in [6, 6.07) is 1.94. The summed E-state index contributed by atoms with van der Waals surface area (Å²) in [7, 11) is -1.25. The van der Waals surface area contributed by atoms with Gasteiger partial charge >= 0.3 is 0 Å². The Hall–Kier alpha value is -0.773. The molecule has 0 aliphatic rings. The largest absolute Gasteiger partial charge is 0.140 e. The second-order valence-electron chi connectivity index (χ2n) is 3.26. The van der Waals surface area contributed by atoms with E-state index in [0.29, 0.717) is 0 Å². The van der Waals surface area contributed by atoms with E-state index in [1.807, 2.05) is 6.07 Å². The average Bonchev–Trinajstić information content (AvgIpc) is 1.88. The fourth-order valence-corrected chi connectivity index (χ4v) is 1.56. The van der Waals surface area contributed by atoms with E-state index in [2.05, 4.69) is 35.1 Å². The summed E-state index contributed by atoms with van der Waals surface area (Å²) >= 11 is 0. The number of rotatable bonds is 1. The molecular weight excluding hydrogens is 142 g/mol. The molecule has 1 heterocycles. The third kappa shape index (κ3) is 1.60. The molecule has 0 spiro atoms. The van der Waals surface area contributed by atoms with Gasteiger partial charge in [0, 0.05) is 5.32 Å². The molecule has 0 saturated heterocycles. The van der Waals surface area contributed by atoms with Crippen LogP contribution in [-0.4, -0.2) is 23.5 Å². The van der Waals surface area contributed by atoms with Crippen molar-refractivity contribution < 1.29 is 0 Å². The smallest absolute Gasteiger partial charge is 0.104 e. The third-order valence-electron chi connectivity index (χ3n) is 1.27. The van der Waals surface area contributed by atoms with Gasteiger partial charge in [-0.2, -0.15) is 0 Å². The molecule has 0 aliphatic heterocycles. The normalized spacial score (nSPS) is 11.5. The molecular formula is C6H11N3Si. The van der Waals surface area contributed by atoms with Crippen molar-refractivity contribution in [2.24, 2.45) is 0 Å². The van der Waals surface area contributed by atoms with Crippen molar-refractivity contribution >= 4 is 13.4 Å². The quantitative estimate of drug-likeness (QED) is 0.549. The Labute approximate surface area is 61.5 Å². The maximum absolute atomic E-state index is 3.95. The van der Waals surface area contributed by atoms with Gasteiger partial charge in [-0.25, -0.2) is 0 Å². The first-order chi connectivity index (χ1) is 4.61. The van der Waals surface area contributed by atoms with Crippen molar-refractivity contribution in [2.75, 3.05) is 0 Å². The molecule has 0 saturated carbocycles. The van der Waals surface area contributed by atoms with E-state index in [4.69, 9.17) is 0 Å². The predicted molar refractivity (Wildman–Crippen MR) is 42.8 cm³/mol. The van der Waals surface area contributed by atoms with Crippen LogP contribution in [0.2, 0.25) is 19.6 Å². The number of hydrogen-bond donors (Lipinski definition) is 0. The third-order valence-corrected chi connectivity index (χ3v) is 3.08. The van der Waals surface area contributed by atoms with E-state index in [9.17, 15) is 0 Å². The fourth-order valence-electron chi connectivity index (χ4n) is 0.641. The lowest BCUT2D eigenvalue weighted by Crippen LogP contribution is -2.40. The van der Waals surface area contributed by atoms with Crippen LogP contribution in [0.5, 0.6) is 0 Å². The molecule has 10 heavy (non-hydrogen) atoms. The molecule has 1 aromatic rings. The molecule has 0 aliphatic carbocycles. The molecule has 4 heteroatoms. The molecule has 0 amide bonds. The Morgan fingerprint density at radius 3 is 2.30 bits per heavy atom. The van der Waals surface area contributed by atoms with Gasteiger partial charge in [0.15, 0.2) is 0 Å². The zero-order valence-electron chi connectivity index (χ0n) is 6.50. The zero-order chi connectivity index (χ0) is 7.61. The van der Waals surface area contributed by atoms with Crippen molar-refractivity contribution in [3.8, 4) is 0 Å². The van der Waals surface area contributed by atoms with Crippen LogP contribution in [0.25, 0.3) is 0 Å². The Morgan fingerprint density at radius 1 is 1.30 bits per heavy atom. The van der Waals surface area contributed by atoms with Crippen LogP contribution >= 0.6 is 0 Å². The van der Waals surface area contributed by atoms with E-state index in [0.717, 1.165) is 5.32 Å². The van der Waals surface area contributed by atoms with Gasteiger partial charge in [-0.1, -0.05) is 19.6 Å². The minimum atomic E-state index is -1.25. The Morgan fingerprint density at radius 2 is 2.00 bits per heavy atom. The van der Waals surface area contributed by atoms with Gasteiger partial charge < -0.3 is 0 Å². The maximum atomic E-state index is 3.95. The van der Waals surface area contributed by atoms with Crippen LogP contribution in [0, 0.1) is 0 Å². The number of nitrogens with zero attached hydrogens (tertiary/aromatic N) is 3. The number of hydrogen-bond acceptors (Lipinski definition) is 3. The lowest BCUT2D eigenvalue weighted by atomic mass is 10.7. The molecule has 54 valence electrons. The molecule has 0 radical (unpaired) electrons. The summed E-state index contributed by atoms with van der Waals surface area (Å²) < 4.78 is 0. The molecule has 0 atom stereocenters. The molecule has 0 N–H and O–H groups in total. The molecule has 0 bridgehead atoms. The van der Waals surface area contributed by atoms with E-state index in [1.165, 1.54) is 0 Å². The SMILES string of the molecule is C[Si](C)(C)c1ccnnn1. The van der Waals surface area contributed by atoms with E-state index >= 15 is 0 Å². The molecule has 0 unspecified atom stereocenters. The Kier molecular flexibility index (Phi) is 1.80. The first-order valence-corrected chi connectivity index (χ1v) is 6.75. The summed E-state index contributed by atoms with van der Waals surface area (Å²) in [6.07, 6.45) is 1.70. The molecule has 3 nitrogen and oxygen atoms in total. The van der Waals surface area contributed by atoms with E-state index in [1.54, 1.807) is 6.20 Å². The van der Waals surface area contributed by atoms with Crippen molar-refractivity contribution in [1.82, 2.24) is 15.4 Å². The van der Waals surface area contributed by atoms with Crippen LogP contribution in [0.1, 0.15) is 0 Å². The monoisotopic (exact) mass is 153 g/mol. The first-order valence-electron chi connectivity index (χ1n) is 3.25. The van der Waals surface area contributed by atoms with Crippen molar-refractivity contribution in [3.63, 3.8) is 0 Å². The minimum absolute atomic E-state index is 1.11. The van der Waals surface area contributed by atoms with Crippen molar-refractivity contribution in [3.05, 3.63) is 12.3 Å². The predicted octanol–water partition coefficient (Wildman–Crippen LogP) is 0.417. The second kappa shape index (κ2) is 2.46. The number of aromatic nitrogens is 3. The highest BCUT2D eigenvalue weighted by molar-refractivity contribution is 6.88. The molecule has 1 aromatic heterocycles. The molecule has 0 aromatic carbocycles. The minimum Gasteiger partial charge on any atom is -0.140 e. The van der Waals surface area contributed by atoms with Gasteiger partial charge in [-0.3, -0.25) is 0 Å². The summed E-state index contributed by atoms with van der Waals surface area (Å²) in [6.45, 7) is 6.70. The second-order valence-corrected chi connectivity index (χ2v) is 8.27. The fraction of sp³-hybridized carbons (Fsp3) is 0.500. The highest BCUT2D eigenvalue weighted by atomic mass is 28.3. The maximum Gasteiger partial charge on any atom is 0.104 e. The summed E-state index contributed by atoms with van der Waals surface area (Å²) in [5.74, 6) is 0. The zero-order valence-corrected chi connectivity index (χ0v) is 7.50. The lowest BCUT2D eigenvalue weighted by Gasteiger charge is -2.12. The van der Waals surface area contributed by atoms with Crippen LogP contribution in [0.4, 0.5) is 0 Å². The topological polar surface area (TPSA) is 38.7 Å². The Balaban J connectivity index is 2.97. The van der Waals surface area contributed by atoms with Gasteiger partial charge in [0.25, 0.3) is 0 Å². The summed E-state index contributed by atoms with van der Waals surface area (Å²) in [5.41, 5.74) is 0. The lowest BCUT2D eigenvalue weighted by molar-refractivity contribution is 0.879.